The maximum atomic E-state index is 12.8. The molecule has 0 aromatic heterocycles. The van der Waals surface area contributed by atoms with Crippen LogP contribution in [0.1, 0.15) is 24.4 Å². The molecular formula is C10H13ClFNO. The van der Waals surface area contributed by atoms with E-state index in [1.165, 1.54) is 12.1 Å². The van der Waals surface area contributed by atoms with Crippen LogP contribution in [-0.2, 0) is 0 Å². The van der Waals surface area contributed by atoms with Crippen LogP contribution in [0.5, 0.6) is 0 Å². The minimum Gasteiger partial charge on any atom is -0.396 e. The molecule has 1 aromatic carbocycles. The summed E-state index contributed by atoms with van der Waals surface area (Å²) in [6, 6.07) is 4.25. The van der Waals surface area contributed by atoms with Crippen LogP contribution in [-0.4, -0.2) is 11.7 Å². The van der Waals surface area contributed by atoms with Crippen LogP contribution >= 0.6 is 11.6 Å². The van der Waals surface area contributed by atoms with E-state index < -0.39 is 5.82 Å². The van der Waals surface area contributed by atoms with Crippen molar-refractivity contribution in [3.05, 3.63) is 34.6 Å². The molecule has 0 fully saturated rings. The third kappa shape index (κ3) is 2.94. The Balaban J connectivity index is 2.70. The van der Waals surface area contributed by atoms with Gasteiger partial charge in [0.1, 0.15) is 5.82 Å². The lowest BCUT2D eigenvalue weighted by Gasteiger charge is -2.11. The summed E-state index contributed by atoms with van der Waals surface area (Å²) in [5.41, 5.74) is 6.60. The lowest BCUT2D eigenvalue weighted by molar-refractivity contribution is 0.280. The van der Waals surface area contributed by atoms with E-state index >= 15 is 0 Å². The molecule has 0 heterocycles. The van der Waals surface area contributed by atoms with E-state index in [9.17, 15) is 4.39 Å². The molecule has 0 radical (unpaired) electrons. The second-order valence-electron chi connectivity index (χ2n) is 3.15. The molecule has 14 heavy (non-hydrogen) atoms. The van der Waals surface area contributed by atoms with Gasteiger partial charge in [-0.2, -0.15) is 0 Å². The zero-order chi connectivity index (χ0) is 10.6. The molecule has 0 saturated carbocycles. The molecular weight excluding hydrogens is 205 g/mol. The van der Waals surface area contributed by atoms with Crippen molar-refractivity contribution in [3.8, 4) is 0 Å². The van der Waals surface area contributed by atoms with E-state index in [2.05, 4.69) is 0 Å². The van der Waals surface area contributed by atoms with Crippen LogP contribution in [0.3, 0.4) is 0 Å². The van der Waals surface area contributed by atoms with E-state index in [1.54, 1.807) is 6.07 Å². The second-order valence-corrected chi connectivity index (χ2v) is 3.55. The Kier molecular flexibility index (Phi) is 4.32. The van der Waals surface area contributed by atoms with Crippen molar-refractivity contribution in [2.24, 2.45) is 5.73 Å². The predicted octanol–water partition coefficient (Wildman–Crippen LogP) is 2.25. The van der Waals surface area contributed by atoms with Crippen LogP contribution in [0.4, 0.5) is 4.39 Å². The number of benzene rings is 1. The first kappa shape index (κ1) is 11.4. The Bertz CT molecular complexity index is 306. The molecule has 0 aliphatic rings. The topological polar surface area (TPSA) is 46.2 Å². The van der Waals surface area contributed by atoms with Gasteiger partial charge in [0.15, 0.2) is 0 Å². The van der Waals surface area contributed by atoms with Crippen molar-refractivity contribution in [1.82, 2.24) is 0 Å². The highest BCUT2D eigenvalue weighted by molar-refractivity contribution is 6.30. The highest BCUT2D eigenvalue weighted by atomic mass is 35.5. The fraction of sp³-hybridized carbons (Fsp3) is 0.400. The van der Waals surface area contributed by atoms with Crippen LogP contribution in [0.2, 0.25) is 5.02 Å². The summed E-state index contributed by atoms with van der Waals surface area (Å²) in [7, 11) is 0. The maximum Gasteiger partial charge on any atom is 0.141 e. The summed E-state index contributed by atoms with van der Waals surface area (Å²) < 4.78 is 12.8. The second kappa shape index (κ2) is 5.29. The fourth-order valence-corrected chi connectivity index (χ4v) is 1.41. The normalized spacial score (nSPS) is 12.9. The van der Waals surface area contributed by atoms with Crippen molar-refractivity contribution in [1.29, 1.82) is 0 Å². The lowest BCUT2D eigenvalue weighted by atomic mass is 10.0. The molecule has 2 nitrogen and oxygen atoms in total. The van der Waals surface area contributed by atoms with Crippen LogP contribution in [0, 0.1) is 5.82 Å². The van der Waals surface area contributed by atoms with Crippen LogP contribution < -0.4 is 5.73 Å². The van der Waals surface area contributed by atoms with Crippen molar-refractivity contribution in [2.45, 2.75) is 18.9 Å². The molecule has 0 spiro atoms. The molecule has 1 aromatic rings. The number of nitrogens with two attached hydrogens (primary N) is 1. The van der Waals surface area contributed by atoms with Gasteiger partial charge in [0.05, 0.1) is 5.02 Å². The first-order chi connectivity index (χ1) is 6.65. The first-order valence-electron chi connectivity index (χ1n) is 4.46. The van der Waals surface area contributed by atoms with Crippen LogP contribution in [0.25, 0.3) is 0 Å². The van der Waals surface area contributed by atoms with Gasteiger partial charge in [0, 0.05) is 12.6 Å². The van der Waals surface area contributed by atoms with Crippen molar-refractivity contribution in [3.63, 3.8) is 0 Å². The van der Waals surface area contributed by atoms with Gasteiger partial charge in [-0.3, -0.25) is 0 Å². The zero-order valence-electron chi connectivity index (χ0n) is 7.71. The van der Waals surface area contributed by atoms with E-state index in [-0.39, 0.29) is 17.7 Å². The zero-order valence-corrected chi connectivity index (χ0v) is 8.47. The Morgan fingerprint density at radius 3 is 2.79 bits per heavy atom. The van der Waals surface area contributed by atoms with Crippen molar-refractivity contribution < 1.29 is 9.50 Å². The number of hydrogen-bond acceptors (Lipinski definition) is 2. The Labute approximate surface area is 87.5 Å². The van der Waals surface area contributed by atoms with E-state index in [1.807, 2.05) is 0 Å². The van der Waals surface area contributed by atoms with E-state index in [0.717, 1.165) is 5.56 Å². The molecule has 0 bridgehead atoms. The van der Waals surface area contributed by atoms with Crippen LogP contribution in [0.15, 0.2) is 18.2 Å². The number of aliphatic hydroxyl groups excluding tert-OH is 1. The number of hydrogen-bond donors (Lipinski definition) is 2. The highest BCUT2D eigenvalue weighted by Crippen LogP contribution is 2.21. The van der Waals surface area contributed by atoms with Gasteiger partial charge in [-0.15, -0.1) is 0 Å². The molecule has 0 amide bonds. The molecule has 1 rings (SSSR count). The standard InChI is InChI=1S/C10H13ClFNO/c11-8-6-7(3-4-9(8)12)10(13)2-1-5-14/h3-4,6,10,14H,1-2,5,13H2/t10-/m1/s1. The average molecular weight is 218 g/mol. The fourth-order valence-electron chi connectivity index (χ4n) is 1.22. The Hall–Kier alpha value is -0.640. The van der Waals surface area contributed by atoms with Crippen molar-refractivity contribution >= 4 is 11.6 Å². The lowest BCUT2D eigenvalue weighted by Crippen LogP contribution is -2.10. The number of halogens is 2. The predicted molar refractivity (Wildman–Crippen MR) is 54.7 cm³/mol. The molecule has 0 unspecified atom stereocenters. The van der Waals surface area contributed by atoms with E-state index in [4.69, 9.17) is 22.4 Å². The van der Waals surface area contributed by atoms with Crippen molar-refractivity contribution in [2.75, 3.05) is 6.61 Å². The molecule has 0 aliphatic carbocycles. The molecule has 78 valence electrons. The Morgan fingerprint density at radius 1 is 1.50 bits per heavy atom. The van der Waals surface area contributed by atoms with Gasteiger partial charge in [0.25, 0.3) is 0 Å². The van der Waals surface area contributed by atoms with Gasteiger partial charge >= 0.3 is 0 Å². The first-order valence-corrected chi connectivity index (χ1v) is 4.84. The summed E-state index contributed by atoms with van der Waals surface area (Å²) >= 11 is 5.61. The monoisotopic (exact) mass is 217 g/mol. The maximum absolute atomic E-state index is 12.8. The number of rotatable bonds is 4. The smallest absolute Gasteiger partial charge is 0.141 e. The molecule has 4 heteroatoms. The third-order valence-electron chi connectivity index (χ3n) is 2.05. The van der Waals surface area contributed by atoms with Gasteiger partial charge < -0.3 is 10.8 Å². The SMILES string of the molecule is N[C@H](CCCO)c1ccc(F)c(Cl)c1. The third-order valence-corrected chi connectivity index (χ3v) is 2.33. The molecule has 1 atom stereocenters. The summed E-state index contributed by atoms with van der Waals surface area (Å²) in [6.45, 7) is 0.114. The number of aliphatic hydroxyl groups is 1. The average Bonchev–Trinajstić information content (AvgIpc) is 2.18. The summed E-state index contributed by atoms with van der Waals surface area (Å²) in [5, 5.41) is 8.70. The molecule has 3 N–H and O–H groups in total. The highest BCUT2D eigenvalue weighted by Gasteiger charge is 2.07. The minimum atomic E-state index is -0.440. The largest absolute Gasteiger partial charge is 0.396 e. The van der Waals surface area contributed by atoms with Gasteiger partial charge in [-0.1, -0.05) is 17.7 Å². The molecule has 0 aliphatic heterocycles. The minimum absolute atomic E-state index is 0.0851. The van der Waals surface area contributed by atoms with Gasteiger partial charge in [-0.25, -0.2) is 4.39 Å². The summed E-state index contributed by atoms with van der Waals surface area (Å²) in [4.78, 5) is 0. The quantitative estimate of drug-likeness (QED) is 0.813. The summed E-state index contributed by atoms with van der Waals surface area (Å²) in [6.07, 6.45) is 1.30. The van der Waals surface area contributed by atoms with Gasteiger partial charge in [-0.05, 0) is 30.5 Å². The van der Waals surface area contributed by atoms with E-state index in [0.29, 0.717) is 12.8 Å². The summed E-state index contributed by atoms with van der Waals surface area (Å²) in [5.74, 6) is -0.440. The van der Waals surface area contributed by atoms with Gasteiger partial charge in [0.2, 0.25) is 0 Å². The molecule has 0 saturated heterocycles. The Morgan fingerprint density at radius 2 is 2.21 bits per heavy atom.